The van der Waals surface area contributed by atoms with Crippen molar-refractivity contribution in [2.24, 2.45) is 20.5 Å². The Labute approximate surface area is 218 Å². The highest BCUT2D eigenvalue weighted by atomic mass is 16.5. The summed E-state index contributed by atoms with van der Waals surface area (Å²) < 4.78 is 5.12. The van der Waals surface area contributed by atoms with Gasteiger partial charge in [0.2, 0.25) is 0 Å². The standard InChI is InChI=1S/C27H27N7O4/c1-4-11-30-34-26-18(14-28)15(2)23(27(31-26)29-12-13-38-3)33-32-19-9-5-7-16-21(19)25(37)22-17(24(16)36)8-6-10-20(22)35/h5-10,35-37H,4,11-13H2,1-3H3,(H,29,31). The van der Waals surface area contributed by atoms with Crippen LogP contribution in [0.2, 0.25) is 0 Å². The van der Waals surface area contributed by atoms with Gasteiger partial charge in [-0.15, -0.1) is 15.3 Å². The molecular formula is C27H27N7O4. The number of ether oxygens (including phenoxy) is 1. The molecule has 0 atom stereocenters. The van der Waals surface area contributed by atoms with E-state index < -0.39 is 0 Å². The van der Waals surface area contributed by atoms with E-state index in [0.717, 1.165) is 6.42 Å². The second kappa shape index (κ2) is 11.5. The molecule has 38 heavy (non-hydrogen) atoms. The maximum atomic E-state index is 11.1. The number of benzene rings is 3. The van der Waals surface area contributed by atoms with Crippen molar-refractivity contribution in [3.05, 3.63) is 47.5 Å². The summed E-state index contributed by atoms with van der Waals surface area (Å²) in [4.78, 5) is 4.48. The molecule has 194 valence electrons. The Hall–Kier alpha value is -4.82. The molecule has 0 aliphatic rings. The van der Waals surface area contributed by atoms with Crippen molar-refractivity contribution in [2.75, 3.05) is 32.1 Å². The SMILES string of the molecule is CCCN=Nc1nc(NCCOC)c(N=Nc2cccc3c(O)c4cccc(O)c4c(O)c23)c(C)c1C#N. The van der Waals surface area contributed by atoms with Crippen molar-refractivity contribution in [3.63, 3.8) is 0 Å². The van der Waals surface area contributed by atoms with Gasteiger partial charge in [0.25, 0.3) is 0 Å². The Morgan fingerprint density at radius 1 is 1.00 bits per heavy atom. The van der Waals surface area contributed by atoms with Crippen molar-refractivity contribution >= 4 is 44.6 Å². The lowest BCUT2D eigenvalue weighted by molar-refractivity contribution is 0.210. The summed E-state index contributed by atoms with van der Waals surface area (Å²) in [6, 6.07) is 11.7. The first-order valence-electron chi connectivity index (χ1n) is 12.0. The smallest absolute Gasteiger partial charge is 0.194 e. The van der Waals surface area contributed by atoms with E-state index in [4.69, 9.17) is 4.74 Å². The van der Waals surface area contributed by atoms with Crippen molar-refractivity contribution in [1.82, 2.24) is 4.98 Å². The van der Waals surface area contributed by atoms with Crippen molar-refractivity contribution in [3.8, 4) is 23.3 Å². The number of pyridine rings is 1. The molecule has 0 saturated carbocycles. The Morgan fingerprint density at radius 3 is 2.45 bits per heavy atom. The maximum Gasteiger partial charge on any atom is 0.194 e. The van der Waals surface area contributed by atoms with Gasteiger partial charge in [0.05, 0.1) is 29.6 Å². The Morgan fingerprint density at radius 2 is 1.74 bits per heavy atom. The number of aromatic nitrogens is 1. The molecule has 0 spiro atoms. The minimum Gasteiger partial charge on any atom is -0.507 e. The number of hydrogen-bond acceptors (Lipinski definition) is 11. The fraction of sp³-hybridized carbons (Fsp3) is 0.259. The second-order valence-electron chi connectivity index (χ2n) is 8.43. The number of fused-ring (bicyclic) bond motifs is 2. The number of azo groups is 2. The zero-order chi connectivity index (χ0) is 27.2. The van der Waals surface area contributed by atoms with Crippen LogP contribution < -0.4 is 5.32 Å². The number of aromatic hydroxyl groups is 3. The van der Waals surface area contributed by atoms with Crippen LogP contribution in [0, 0.1) is 18.3 Å². The molecule has 1 heterocycles. The van der Waals surface area contributed by atoms with Gasteiger partial charge in [0, 0.05) is 30.0 Å². The second-order valence-corrected chi connectivity index (χ2v) is 8.43. The van der Waals surface area contributed by atoms with Gasteiger partial charge in [-0.3, -0.25) is 0 Å². The zero-order valence-electron chi connectivity index (χ0n) is 21.2. The summed E-state index contributed by atoms with van der Waals surface area (Å²) in [6.07, 6.45) is 0.802. The van der Waals surface area contributed by atoms with Gasteiger partial charge >= 0.3 is 0 Å². The van der Waals surface area contributed by atoms with Crippen molar-refractivity contribution in [2.45, 2.75) is 20.3 Å². The first-order valence-corrected chi connectivity index (χ1v) is 12.0. The number of phenols is 3. The number of nitriles is 1. The highest BCUT2D eigenvalue weighted by Gasteiger charge is 2.20. The number of phenolic OH excluding ortho intramolecular Hbond substituents is 3. The third-order valence-corrected chi connectivity index (χ3v) is 5.92. The average molecular weight is 514 g/mol. The highest BCUT2D eigenvalue weighted by molar-refractivity contribution is 6.15. The zero-order valence-corrected chi connectivity index (χ0v) is 21.2. The van der Waals surface area contributed by atoms with Crippen LogP contribution in [0.15, 0.2) is 56.9 Å². The van der Waals surface area contributed by atoms with E-state index in [1.54, 1.807) is 44.4 Å². The topological polar surface area (TPSA) is 168 Å². The third-order valence-electron chi connectivity index (χ3n) is 5.92. The van der Waals surface area contributed by atoms with E-state index in [2.05, 4.69) is 36.8 Å². The molecule has 0 saturated heterocycles. The number of nitrogens with zero attached hydrogens (tertiary/aromatic N) is 6. The molecule has 0 fully saturated rings. The number of anilines is 1. The van der Waals surface area contributed by atoms with E-state index in [0.29, 0.717) is 47.5 Å². The molecule has 0 unspecified atom stereocenters. The molecule has 0 amide bonds. The van der Waals surface area contributed by atoms with Crippen LogP contribution in [0.5, 0.6) is 17.2 Å². The molecule has 1 aromatic heterocycles. The number of hydrogen-bond donors (Lipinski definition) is 4. The Balaban J connectivity index is 1.90. The lowest BCUT2D eigenvalue weighted by atomic mass is 9.99. The lowest BCUT2D eigenvalue weighted by Crippen LogP contribution is -2.09. The van der Waals surface area contributed by atoms with E-state index in [9.17, 15) is 20.6 Å². The first kappa shape index (κ1) is 26.2. The molecule has 3 aromatic carbocycles. The van der Waals surface area contributed by atoms with E-state index in [-0.39, 0.29) is 45.1 Å². The predicted molar refractivity (Wildman–Crippen MR) is 144 cm³/mol. The van der Waals surface area contributed by atoms with Gasteiger partial charge in [-0.2, -0.15) is 10.4 Å². The quantitative estimate of drug-likeness (QED) is 0.0840. The van der Waals surface area contributed by atoms with Crippen LogP contribution in [0.25, 0.3) is 21.5 Å². The summed E-state index contributed by atoms with van der Waals surface area (Å²) >= 11 is 0. The summed E-state index contributed by atoms with van der Waals surface area (Å²) in [5, 5.41) is 63.3. The molecule has 4 aromatic rings. The summed E-state index contributed by atoms with van der Waals surface area (Å²) in [5.74, 6) is -0.0116. The maximum absolute atomic E-state index is 11.1. The van der Waals surface area contributed by atoms with E-state index >= 15 is 0 Å². The Kier molecular flexibility index (Phi) is 7.94. The monoisotopic (exact) mass is 513 g/mol. The fourth-order valence-electron chi connectivity index (χ4n) is 4.05. The van der Waals surface area contributed by atoms with Gasteiger partial charge in [-0.05, 0) is 25.5 Å². The normalized spacial score (nSPS) is 11.6. The third kappa shape index (κ3) is 4.89. The summed E-state index contributed by atoms with van der Waals surface area (Å²) in [5.41, 5.74) is 1.25. The first-order chi connectivity index (χ1) is 18.4. The van der Waals surface area contributed by atoms with Gasteiger partial charge in [-0.25, -0.2) is 4.98 Å². The fourth-order valence-corrected chi connectivity index (χ4v) is 4.05. The van der Waals surface area contributed by atoms with Crippen LogP contribution in [-0.2, 0) is 4.74 Å². The van der Waals surface area contributed by atoms with Gasteiger partial charge in [0.1, 0.15) is 34.6 Å². The van der Waals surface area contributed by atoms with E-state index in [1.807, 2.05) is 6.92 Å². The number of rotatable bonds is 9. The summed E-state index contributed by atoms with van der Waals surface area (Å²) in [7, 11) is 1.58. The molecular weight excluding hydrogens is 486 g/mol. The van der Waals surface area contributed by atoms with Crippen LogP contribution in [0.4, 0.5) is 23.0 Å². The van der Waals surface area contributed by atoms with Gasteiger partial charge < -0.3 is 25.4 Å². The number of methoxy groups -OCH3 is 1. The number of nitrogens with one attached hydrogen (secondary N) is 1. The van der Waals surface area contributed by atoms with Gasteiger partial charge in [0.15, 0.2) is 11.6 Å². The molecule has 0 aliphatic heterocycles. The predicted octanol–water partition coefficient (Wildman–Crippen LogP) is 6.65. The molecule has 0 bridgehead atoms. The Bertz CT molecular complexity index is 1610. The van der Waals surface area contributed by atoms with Crippen LogP contribution in [0.3, 0.4) is 0 Å². The minimum absolute atomic E-state index is 0.103. The van der Waals surface area contributed by atoms with Crippen LogP contribution >= 0.6 is 0 Å². The molecule has 11 heteroatoms. The molecule has 0 aliphatic carbocycles. The molecule has 0 radical (unpaired) electrons. The highest BCUT2D eigenvalue weighted by Crippen LogP contribution is 2.48. The minimum atomic E-state index is -0.238. The van der Waals surface area contributed by atoms with Crippen molar-refractivity contribution < 1.29 is 20.1 Å². The van der Waals surface area contributed by atoms with E-state index in [1.165, 1.54) is 6.07 Å². The lowest BCUT2D eigenvalue weighted by Gasteiger charge is -2.13. The molecule has 4 N–H and O–H groups in total. The summed E-state index contributed by atoms with van der Waals surface area (Å²) in [6.45, 7) is 5.00. The molecule has 11 nitrogen and oxygen atoms in total. The van der Waals surface area contributed by atoms with Crippen LogP contribution in [0.1, 0.15) is 24.5 Å². The van der Waals surface area contributed by atoms with Gasteiger partial charge in [-0.1, -0.05) is 31.2 Å². The average Bonchev–Trinajstić information content (AvgIpc) is 2.91. The van der Waals surface area contributed by atoms with Crippen LogP contribution in [-0.4, -0.2) is 47.1 Å². The molecule has 4 rings (SSSR count). The largest absolute Gasteiger partial charge is 0.507 e. The van der Waals surface area contributed by atoms with Crippen molar-refractivity contribution in [1.29, 1.82) is 5.26 Å².